The molecule has 0 aliphatic carbocycles. The van der Waals surface area contributed by atoms with Crippen LogP contribution in [0.25, 0.3) is 0 Å². The van der Waals surface area contributed by atoms with Gasteiger partial charge in [-0.3, -0.25) is 4.79 Å². The van der Waals surface area contributed by atoms with Gasteiger partial charge < -0.3 is 20.0 Å². The van der Waals surface area contributed by atoms with E-state index in [9.17, 15) is 9.59 Å². The van der Waals surface area contributed by atoms with Crippen molar-refractivity contribution in [1.82, 2.24) is 10.2 Å². The molecule has 7 heteroatoms. The second kappa shape index (κ2) is 7.61. The molecule has 0 spiro atoms. The molecule has 2 aromatic rings. The van der Waals surface area contributed by atoms with Crippen molar-refractivity contribution in [3.63, 3.8) is 0 Å². The maximum Gasteiger partial charge on any atom is 0.319 e. The van der Waals surface area contributed by atoms with E-state index in [0.29, 0.717) is 42.2 Å². The summed E-state index contributed by atoms with van der Waals surface area (Å²) >= 11 is 6.06. The number of anilines is 1. The molecule has 2 heterocycles. The number of amides is 3. The van der Waals surface area contributed by atoms with Gasteiger partial charge in [-0.25, -0.2) is 4.79 Å². The van der Waals surface area contributed by atoms with Crippen molar-refractivity contribution in [1.29, 1.82) is 0 Å². The Labute approximate surface area is 151 Å². The first-order chi connectivity index (χ1) is 12.0. The van der Waals surface area contributed by atoms with Crippen LogP contribution in [0.15, 0.2) is 41.2 Å². The number of rotatable bonds is 3. The number of hydrogen-bond donors (Lipinski definition) is 2. The average molecular weight is 362 g/mol. The van der Waals surface area contributed by atoms with Crippen molar-refractivity contribution in [2.24, 2.45) is 0 Å². The molecule has 6 nitrogen and oxygen atoms in total. The largest absolute Gasteiger partial charge is 0.472 e. The predicted octanol–water partition coefficient (Wildman–Crippen LogP) is 3.67. The third kappa shape index (κ3) is 4.14. The van der Waals surface area contributed by atoms with Crippen LogP contribution in [-0.2, 0) is 0 Å². The molecule has 0 bridgehead atoms. The summed E-state index contributed by atoms with van der Waals surface area (Å²) in [6.07, 6.45) is 4.37. The van der Waals surface area contributed by atoms with E-state index in [-0.39, 0.29) is 18.0 Å². The van der Waals surface area contributed by atoms with Gasteiger partial charge in [0.2, 0.25) is 0 Å². The van der Waals surface area contributed by atoms with Crippen LogP contribution in [0.3, 0.4) is 0 Å². The lowest BCUT2D eigenvalue weighted by molar-refractivity contribution is 0.0708. The molecule has 1 saturated heterocycles. The molecule has 0 radical (unpaired) electrons. The Morgan fingerprint density at radius 1 is 1.24 bits per heavy atom. The summed E-state index contributed by atoms with van der Waals surface area (Å²) in [6.45, 7) is 3.06. The Morgan fingerprint density at radius 2 is 2.00 bits per heavy atom. The van der Waals surface area contributed by atoms with Crippen LogP contribution in [0, 0.1) is 6.92 Å². The molecule has 0 atom stereocenters. The summed E-state index contributed by atoms with van der Waals surface area (Å²) in [4.78, 5) is 26.2. The van der Waals surface area contributed by atoms with Gasteiger partial charge >= 0.3 is 6.03 Å². The van der Waals surface area contributed by atoms with Gasteiger partial charge in [-0.1, -0.05) is 17.7 Å². The first-order valence-corrected chi connectivity index (χ1v) is 8.56. The molecule has 1 aliphatic heterocycles. The van der Waals surface area contributed by atoms with Gasteiger partial charge in [-0.05, 0) is 43.5 Å². The van der Waals surface area contributed by atoms with Crippen molar-refractivity contribution < 1.29 is 14.0 Å². The van der Waals surface area contributed by atoms with Crippen molar-refractivity contribution in [3.05, 3.63) is 52.9 Å². The van der Waals surface area contributed by atoms with E-state index in [2.05, 4.69) is 10.6 Å². The van der Waals surface area contributed by atoms with Gasteiger partial charge in [0.25, 0.3) is 5.91 Å². The number of carbonyl (C=O) groups excluding carboxylic acids is 2. The monoisotopic (exact) mass is 361 g/mol. The number of benzene rings is 1. The van der Waals surface area contributed by atoms with Crippen LogP contribution in [0.4, 0.5) is 10.5 Å². The van der Waals surface area contributed by atoms with Gasteiger partial charge in [-0.15, -0.1) is 0 Å². The Balaban J connectivity index is 1.49. The van der Waals surface area contributed by atoms with Crippen LogP contribution in [-0.4, -0.2) is 36.0 Å². The molecule has 132 valence electrons. The molecule has 0 unspecified atom stereocenters. The lowest BCUT2D eigenvalue weighted by Gasteiger charge is -2.32. The number of likely N-dealkylation sites (tertiary alicyclic amines) is 1. The smallest absolute Gasteiger partial charge is 0.319 e. The maximum absolute atomic E-state index is 12.3. The van der Waals surface area contributed by atoms with Gasteiger partial charge in [0.05, 0.1) is 11.8 Å². The lowest BCUT2D eigenvalue weighted by atomic mass is 10.0. The third-order valence-electron chi connectivity index (χ3n) is 4.40. The van der Waals surface area contributed by atoms with Gasteiger partial charge in [0.1, 0.15) is 6.26 Å². The maximum atomic E-state index is 12.3. The van der Waals surface area contributed by atoms with Crippen LogP contribution in [0.5, 0.6) is 0 Å². The first-order valence-electron chi connectivity index (χ1n) is 8.18. The quantitative estimate of drug-likeness (QED) is 0.875. The van der Waals surface area contributed by atoms with Crippen LogP contribution in [0.2, 0.25) is 5.02 Å². The fourth-order valence-electron chi connectivity index (χ4n) is 2.88. The summed E-state index contributed by atoms with van der Waals surface area (Å²) in [7, 11) is 0. The highest BCUT2D eigenvalue weighted by molar-refractivity contribution is 6.31. The molecule has 1 aromatic heterocycles. The number of halogens is 1. The zero-order valence-electron chi connectivity index (χ0n) is 13.9. The summed E-state index contributed by atoms with van der Waals surface area (Å²) in [6, 6.07) is 6.83. The molecule has 1 aromatic carbocycles. The van der Waals surface area contributed by atoms with Crippen molar-refractivity contribution in [2.45, 2.75) is 25.8 Å². The number of urea groups is 1. The van der Waals surface area contributed by atoms with Gasteiger partial charge in [0, 0.05) is 29.8 Å². The number of carbonyl (C=O) groups is 2. The topological polar surface area (TPSA) is 74.6 Å². The van der Waals surface area contributed by atoms with E-state index in [1.165, 1.54) is 12.5 Å². The van der Waals surface area contributed by atoms with Crippen molar-refractivity contribution >= 4 is 29.2 Å². The van der Waals surface area contributed by atoms with E-state index in [4.69, 9.17) is 16.0 Å². The van der Waals surface area contributed by atoms with Crippen LogP contribution >= 0.6 is 11.6 Å². The molecule has 1 fully saturated rings. The van der Waals surface area contributed by atoms with Crippen LogP contribution in [0.1, 0.15) is 28.8 Å². The number of hydrogen-bond acceptors (Lipinski definition) is 3. The highest BCUT2D eigenvalue weighted by Crippen LogP contribution is 2.23. The molecule has 1 aliphatic rings. The fourth-order valence-corrected chi connectivity index (χ4v) is 3.06. The normalized spacial score (nSPS) is 15.0. The van der Waals surface area contributed by atoms with E-state index in [1.54, 1.807) is 23.1 Å². The fraction of sp³-hybridized carbons (Fsp3) is 0.333. The standard InChI is InChI=1S/C18H20ClN3O3/c1-12-15(19)3-2-4-16(12)21-18(24)20-14-5-8-22(9-6-14)17(23)13-7-10-25-11-13/h2-4,7,10-11,14H,5-6,8-9H2,1H3,(H2,20,21,24). The Morgan fingerprint density at radius 3 is 2.68 bits per heavy atom. The number of piperidine rings is 1. The molecular formula is C18H20ClN3O3. The minimum Gasteiger partial charge on any atom is -0.472 e. The van der Waals surface area contributed by atoms with Crippen molar-refractivity contribution in [3.8, 4) is 0 Å². The zero-order chi connectivity index (χ0) is 17.8. The third-order valence-corrected chi connectivity index (χ3v) is 4.81. The minimum absolute atomic E-state index is 0.0351. The van der Waals surface area contributed by atoms with E-state index < -0.39 is 0 Å². The molecule has 0 saturated carbocycles. The predicted molar refractivity (Wildman–Crippen MR) is 96.0 cm³/mol. The number of furan rings is 1. The molecule has 3 amide bonds. The summed E-state index contributed by atoms with van der Waals surface area (Å²) in [5.41, 5.74) is 2.08. The zero-order valence-corrected chi connectivity index (χ0v) is 14.7. The van der Waals surface area contributed by atoms with E-state index in [0.717, 1.165) is 5.56 Å². The average Bonchev–Trinajstić information content (AvgIpc) is 3.13. The highest BCUT2D eigenvalue weighted by atomic mass is 35.5. The van der Waals surface area contributed by atoms with Crippen molar-refractivity contribution in [2.75, 3.05) is 18.4 Å². The van der Waals surface area contributed by atoms with Gasteiger partial charge in [-0.2, -0.15) is 0 Å². The van der Waals surface area contributed by atoms with E-state index >= 15 is 0 Å². The van der Waals surface area contributed by atoms with Crippen LogP contribution < -0.4 is 10.6 Å². The minimum atomic E-state index is -0.259. The second-order valence-corrected chi connectivity index (χ2v) is 6.50. The Kier molecular flexibility index (Phi) is 5.28. The highest BCUT2D eigenvalue weighted by Gasteiger charge is 2.25. The Bertz CT molecular complexity index is 753. The molecular weight excluding hydrogens is 342 g/mol. The molecule has 3 rings (SSSR count). The second-order valence-electron chi connectivity index (χ2n) is 6.09. The molecule has 2 N–H and O–H groups in total. The number of nitrogens with one attached hydrogen (secondary N) is 2. The Hall–Kier alpha value is -2.47. The number of nitrogens with zero attached hydrogens (tertiary/aromatic N) is 1. The first kappa shape index (κ1) is 17.4. The lowest BCUT2D eigenvalue weighted by Crippen LogP contribution is -2.47. The SMILES string of the molecule is Cc1c(Cl)cccc1NC(=O)NC1CCN(C(=O)c2ccoc2)CC1. The molecule has 25 heavy (non-hydrogen) atoms. The summed E-state index contributed by atoms with van der Waals surface area (Å²) in [5.74, 6) is -0.0359. The van der Waals surface area contributed by atoms with Gasteiger partial charge in [0.15, 0.2) is 0 Å². The summed E-state index contributed by atoms with van der Waals surface area (Å²) in [5, 5.41) is 6.40. The van der Waals surface area contributed by atoms with E-state index in [1.807, 2.05) is 13.0 Å². The summed E-state index contributed by atoms with van der Waals surface area (Å²) < 4.78 is 4.95.